The molecular formula is C25H27FN2O3. The van der Waals surface area contributed by atoms with Gasteiger partial charge in [-0.15, -0.1) is 0 Å². The number of carbonyl (C=O) groups excluding carboxylic acids is 1. The number of rotatable bonds is 4. The summed E-state index contributed by atoms with van der Waals surface area (Å²) in [6.45, 7) is 6.85. The summed E-state index contributed by atoms with van der Waals surface area (Å²) in [5.41, 5.74) is 3.23. The van der Waals surface area contributed by atoms with Crippen molar-refractivity contribution >= 4 is 5.91 Å². The van der Waals surface area contributed by atoms with Crippen molar-refractivity contribution in [1.29, 1.82) is 0 Å². The Labute approximate surface area is 182 Å². The minimum atomic E-state index is -0.349. The third kappa shape index (κ3) is 4.08. The van der Waals surface area contributed by atoms with Crippen LogP contribution in [0.2, 0.25) is 0 Å². The number of hydrogen-bond acceptors (Lipinski definition) is 3. The molecule has 1 saturated heterocycles. The average molecular weight is 423 g/mol. The van der Waals surface area contributed by atoms with Crippen LogP contribution in [0.4, 0.5) is 4.39 Å². The van der Waals surface area contributed by atoms with Gasteiger partial charge in [-0.2, -0.15) is 0 Å². The summed E-state index contributed by atoms with van der Waals surface area (Å²) in [6, 6.07) is 16.0. The fourth-order valence-corrected chi connectivity index (χ4v) is 4.28. The first-order chi connectivity index (χ1) is 14.9. The highest BCUT2D eigenvalue weighted by atomic mass is 19.1. The number of aromatic nitrogens is 1. The lowest BCUT2D eigenvalue weighted by atomic mass is 10.1. The molecular weight excluding hydrogens is 395 g/mol. The second kappa shape index (κ2) is 8.55. The molecule has 2 heterocycles. The van der Waals surface area contributed by atoms with Gasteiger partial charge in [-0.25, -0.2) is 4.39 Å². The zero-order chi connectivity index (χ0) is 22.1. The van der Waals surface area contributed by atoms with Gasteiger partial charge in [0.1, 0.15) is 11.6 Å². The smallest absolute Gasteiger partial charge is 0.255 e. The van der Waals surface area contributed by atoms with Crippen molar-refractivity contribution in [3.63, 3.8) is 0 Å². The molecule has 0 bridgehead atoms. The average Bonchev–Trinajstić information content (AvgIpc) is 3.10. The second-order valence-corrected chi connectivity index (χ2v) is 8.01. The van der Waals surface area contributed by atoms with Gasteiger partial charge in [-0.05, 0) is 51.1 Å². The van der Waals surface area contributed by atoms with E-state index in [-0.39, 0.29) is 23.9 Å². The van der Waals surface area contributed by atoms with Crippen LogP contribution >= 0.6 is 0 Å². The molecule has 31 heavy (non-hydrogen) atoms. The molecule has 1 aromatic heterocycles. The van der Waals surface area contributed by atoms with Crippen LogP contribution in [0, 0.1) is 12.7 Å². The van der Waals surface area contributed by atoms with E-state index in [1.54, 1.807) is 25.3 Å². The number of hydrogen-bond donors (Lipinski definition) is 0. The van der Waals surface area contributed by atoms with Gasteiger partial charge in [0.25, 0.3) is 5.91 Å². The number of nitrogens with zero attached hydrogens (tertiary/aromatic N) is 2. The Hall–Kier alpha value is -3.12. The van der Waals surface area contributed by atoms with E-state index in [0.717, 1.165) is 11.3 Å². The zero-order valence-electron chi connectivity index (χ0n) is 18.3. The van der Waals surface area contributed by atoms with Crippen molar-refractivity contribution in [2.75, 3.05) is 20.2 Å². The Kier molecular flexibility index (Phi) is 5.83. The summed E-state index contributed by atoms with van der Waals surface area (Å²) in [4.78, 5) is 15.3. The summed E-state index contributed by atoms with van der Waals surface area (Å²) < 4.78 is 27.8. The minimum absolute atomic E-state index is 0.0282. The normalized spacial score (nSPS) is 18.8. The summed E-state index contributed by atoms with van der Waals surface area (Å²) in [5.74, 6) is 0.275. The number of benzene rings is 2. The molecule has 0 N–H and O–H groups in total. The van der Waals surface area contributed by atoms with Crippen molar-refractivity contribution < 1.29 is 18.7 Å². The van der Waals surface area contributed by atoms with Crippen LogP contribution in [0.15, 0.2) is 54.6 Å². The number of para-hydroxylation sites is 1. The van der Waals surface area contributed by atoms with E-state index < -0.39 is 0 Å². The molecule has 1 aliphatic heterocycles. The maximum Gasteiger partial charge on any atom is 0.255 e. The Morgan fingerprint density at radius 3 is 2.45 bits per heavy atom. The van der Waals surface area contributed by atoms with Gasteiger partial charge in [-0.3, -0.25) is 4.79 Å². The summed E-state index contributed by atoms with van der Waals surface area (Å²) in [7, 11) is 1.61. The first-order valence-corrected chi connectivity index (χ1v) is 10.5. The Morgan fingerprint density at radius 2 is 1.77 bits per heavy atom. The summed E-state index contributed by atoms with van der Waals surface area (Å²) >= 11 is 0. The quantitative estimate of drug-likeness (QED) is 0.604. The second-order valence-electron chi connectivity index (χ2n) is 8.01. The highest BCUT2D eigenvalue weighted by Crippen LogP contribution is 2.33. The summed E-state index contributed by atoms with van der Waals surface area (Å²) in [5, 5.41) is 0. The third-order valence-electron chi connectivity index (χ3n) is 5.64. The van der Waals surface area contributed by atoms with Crippen LogP contribution in [0.1, 0.15) is 29.9 Å². The number of halogens is 1. The molecule has 1 fully saturated rings. The number of morpholine rings is 1. The molecule has 162 valence electrons. The van der Waals surface area contributed by atoms with Gasteiger partial charge >= 0.3 is 0 Å². The van der Waals surface area contributed by atoms with Gasteiger partial charge in [-0.1, -0.05) is 24.3 Å². The van der Waals surface area contributed by atoms with E-state index in [1.807, 2.05) is 60.6 Å². The number of carbonyl (C=O) groups is 1. The fourth-order valence-electron chi connectivity index (χ4n) is 4.28. The van der Waals surface area contributed by atoms with Gasteiger partial charge in [0.15, 0.2) is 0 Å². The van der Waals surface area contributed by atoms with Crippen LogP contribution in [0.3, 0.4) is 0 Å². The molecule has 0 aliphatic carbocycles. The Balaban J connectivity index is 1.86. The highest BCUT2D eigenvalue weighted by molar-refractivity contribution is 5.97. The van der Waals surface area contributed by atoms with Crippen molar-refractivity contribution in [1.82, 2.24) is 9.47 Å². The molecule has 2 aromatic carbocycles. The maximum atomic E-state index is 14.8. The fraction of sp³-hybridized carbons (Fsp3) is 0.320. The molecule has 1 amide bonds. The molecule has 5 nitrogen and oxygen atoms in total. The molecule has 3 aromatic rings. The van der Waals surface area contributed by atoms with Crippen molar-refractivity contribution in [2.45, 2.75) is 33.0 Å². The standard InChI is InChI=1S/C25H27FN2O3/c1-16-14-27(15-17(2)31-16)25(29)21-13-24(19-8-7-9-20(12-19)30-4)28(18(21)3)23-11-6-5-10-22(23)26/h5-13,16-17H,14-15H2,1-4H3/t16-,17-/m0/s1. The first kappa shape index (κ1) is 21.1. The van der Waals surface area contributed by atoms with Gasteiger partial charge in [0.05, 0.1) is 36.3 Å². The van der Waals surface area contributed by atoms with Crippen molar-refractivity contribution in [3.05, 3.63) is 71.7 Å². The van der Waals surface area contributed by atoms with E-state index in [0.29, 0.717) is 35.8 Å². The van der Waals surface area contributed by atoms with Crippen molar-refractivity contribution in [3.8, 4) is 22.7 Å². The minimum Gasteiger partial charge on any atom is -0.497 e. The van der Waals surface area contributed by atoms with Crippen LogP contribution in [-0.4, -0.2) is 47.8 Å². The van der Waals surface area contributed by atoms with Crippen molar-refractivity contribution in [2.24, 2.45) is 0 Å². The van der Waals surface area contributed by atoms with Gasteiger partial charge in [0.2, 0.25) is 0 Å². The highest BCUT2D eigenvalue weighted by Gasteiger charge is 2.30. The first-order valence-electron chi connectivity index (χ1n) is 10.5. The number of ether oxygens (including phenoxy) is 2. The molecule has 1 aliphatic rings. The molecule has 6 heteroatoms. The third-order valence-corrected chi connectivity index (χ3v) is 5.64. The predicted molar refractivity (Wildman–Crippen MR) is 118 cm³/mol. The zero-order valence-corrected chi connectivity index (χ0v) is 18.3. The van der Waals surface area contributed by atoms with E-state index in [1.165, 1.54) is 6.07 Å². The van der Waals surface area contributed by atoms with E-state index in [2.05, 4.69) is 0 Å². The SMILES string of the molecule is COc1cccc(-c2cc(C(=O)N3C[C@H](C)O[C@@H](C)C3)c(C)n2-c2ccccc2F)c1. The molecule has 4 rings (SSSR count). The molecule has 0 saturated carbocycles. The lowest BCUT2D eigenvalue weighted by Crippen LogP contribution is -2.48. The lowest BCUT2D eigenvalue weighted by Gasteiger charge is -2.35. The molecule has 0 spiro atoms. The van der Waals surface area contributed by atoms with Gasteiger partial charge < -0.3 is 18.9 Å². The molecule has 0 radical (unpaired) electrons. The Bertz CT molecular complexity index is 1100. The number of amides is 1. The monoisotopic (exact) mass is 422 g/mol. The topological polar surface area (TPSA) is 43.7 Å². The van der Waals surface area contributed by atoms with E-state index in [9.17, 15) is 9.18 Å². The maximum absolute atomic E-state index is 14.8. The van der Waals surface area contributed by atoms with E-state index in [4.69, 9.17) is 9.47 Å². The van der Waals surface area contributed by atoms with Gasteiger partial charge in [0, 0.05) is 24.3 Å². The van der Waals surface area contributed by atoms with Crippen LogP contribution in [0.5, 0.6) is 5.75 Å². The Morgan fingerprint density at radius 1 is 1.06 bits per heavy atom. The molecule has 0 unspecified atom stereocenters. The lowest BCUT2D eigenvalue weighted by molar-refractivity contribution is -0.0586. The summed E-state index contributed by atoms with van der Waals surface area (Å²) in [6.07, 6.45) is -0.0565. The predicted octanol–water partition coefficient (Wildman–Crippen LogP) is 4.85. The van der Waals surface area contributed by atoms with Crippen LogP contribution in [-0.2, 0) is 4.74 Å². The van der Waals surface area contributed by atoms with Crippen LogP contribution < -0.4 is 4.74 Å². The van der Waals surface area contributed by atoms with Crippen LogP contribution in [0.25, 0.3) is 16.9 Å². The largest absolute Gasteiger partial charge is 0.497 e. The number of methoxy groups -OCH3 is 1. The van der Waals surface area contributed by atoms with E-state index >= 15 is 0 Å². The molecule has 2 atom stereocenters.